The first kappa shape index (κ1) is 14.5. The Hall–Kier alpha value is -1.56. The van der Waals surface area contributed by atoms with Gasteiger partial charge >= 0.3 is 0 Å². The Kier molecular flexibility index (Phi) is 4.34. The highest BCUT2D eigenvalue weighted by Gasteiger charge is 2.17. The van der Waals surface area contributed by atoms with Gasteiger partial charge in [0.25, 0.3) is 0 Å². The first-order chi connectivity index (χ1) is 8.19. The van der Waals surface area contributed by atoms with Crippen LogP contribution in [0.2, 0.25) is 0 Å². The average Bonchev–Trinajstić information content (AvgIpc) is 2.19. The quantitative estimate of drug-likeness (QED) is 0.874. The molecule has 0 heterocycles. The van der Waals surface area contributed by atoms with E-state index in [1.165, 1.54) is 0 Å². The van der Waals surface area contributed by atoms with Crippen molar-refractivity contribution in [2.45, 2.75) is 32.2 Å². The summed E-state index contributed by atoms with van der Waals surface area (Å²) in [5, 5.41) is 2.07. The third kappa shape index (κ3) is 4.37. The van der Waals surface area contributed by atoms with Crippen molar-refractivity contribution in [2.75, 3.05) is 5.32 Å². The van der Waals surface area contributed by atoms with Crippen molar-refractivity contribution < 1.29 is 18.0 Å². The van der Waals surface area contributed by atoms with Crippen LogP contribution < -0.4 is 11.1 Å². The molecule has 3 N–H and O–H groups in total. The van der Waals surface area contributed by atoms with Gasteiger partial charge in [-0.05, 0) is 20.3 Å². The van der Waals surface area contributed by atoms with Crippen LogP contribution in [0, 0.1) is 17.5 Å². The molecular weight excluding hydrogens is 245 g/mol. The minimum absolute atomic E-state index is 0.0275. The summed E-state index contributed by atoms with van der Waals surface area (Å²) in [5.41, 5.74) is 4.49. The van der Waals surface area contributed by atoms with Gasteiger partial charge in [-0.1, -0.05) is 0 Å². The van der Waals surface area contributed by atoms with Gasteiger partial charge in [-0.15, -0.1) is 0 Å². The fourth-order valence-corrected chi connectivity index (χ4v) is 1.30. The molecule has 1 rings (SSSR count). The third-order valence-corrected chi connectivity index (χ3v) is 2.27. The molecule has 0 aliphatic rings. The number of carbonyl (C=O) groups is 1. The van der Waals surface area contributed by atoms with E-state index in [1.807, 2.05) is 0 Å². The zero-order valence-corrected chi connectivity index (χ0v) is 10.2. The molecule has 0 aliphatic carbocycles. The van der Waals surface area contributed by atoms with Gasteiger partial charge in [0.2, 0.25) is 5.91 Å². The van der Waals surface area contributed by atoms with Gasteiger partial charge in [0.05, 0.1) is 0 Å². The fraction of sp³-hybridized carbons (Fsp3) is 0.417. The van der Waals surface area contributed by atoms with E-state index >= 15 is 0 Å². The molecule has 3 nitrogen and oxygen atoms in total. The summed E-state index contributed by atoms with van der Waals surface area (Å²) < 4.78 is 39.1. The zero-order chi connectivity index (χ0) is 13.9. The number of hydrogen-bond donors (Lipinski definition) is 2. The summed E-state index contributed by atoms with van der Waals surface area (Å²) in [6.07, 6.45) is 0.392. The summed E-state index contributed by atoms with van der Waals surface area (Å²) in [5.74, 6) is -3.90. The van der Waals surface area contributed by atoms with Crippen LogP contribution >= 0.6 is 0 Å². The van der Waals surface area contributed by atoms with Crippen LogP contribution in [0.25, 0.3) is 0 Å². The highest BCUT2D eigenvalue weighted by molar-refractivity contribution is 5.91. The summed E-state index contributed by atoms with van der Waals surface area (Å²) in [6.45, 7) is 3.47. The van der Waals surface area contributed by atoms with E-state index < -0.39 is 34.6 Å². The highest BCUT2D eigenvalue weighted by Crippen LogP contribution is 2.20. The van der Waals surface area contributed by atoms with Crippen molar-refractivity contribution in [1.29, 1.82) is 0 Å². The normalized spacial score (nSPS) is 11.4. The van der Waals surface area contributed by atoms with Crippen LogP contribution in [0.3, 0.4) is 0 Å². The molecule has 0 aromatic heterocycles. The molecule has 6 heteroatoms. The van der Waals surface area contributed by atoms with Crippen LogP contribution in [0.5, 0.6) is 0 Å². The number of carbonyl (C=O) groups excluding carboxylic acids is 1. The van der Waals surface area contributed by atoms with E-state index in [4.69, 9.17) is 5.73 Å². The molecule has 0 bridgehead atoms. The van der Waals surface area contributed by atoms with Gasteiger partial charge in [0.1, 0.15) is 11.5 Å². The Bertz CT molecular complexity index is 432. The predicted molar refractivity (Wildman–Crippen MR) is 62.4 cm³/mol. The van der Waals surface area contributed by atoms with Crippen molar-refractivity contribution in [1.82, 2.24) is 0 Å². The van der Waals surface area contributed by atoms with Crippen molar-refractivity contribution in [3.05, 3.63) is 29.6 Å². The molecule has 0 unspecified atom stereocenters. The second-order valence-corrected chi connectivity index (χ2v) is 4.78. The van der Waals surface area contributed by atoms with E-state index in [1.54, 1.807) is 13.8 Å². The van der Waals surface area contributed by atoms with Crippen LogP contribution in [0.15, 0.2) is 12.1 Å². The second-order valence-electron chi connectivity index (χ2n) is 4.78. The summed E-state index contributed by atoms with van der Waals surface area (Å²) in [4.78, 5) is 11.5. The van der Waals surface area contributed by atoms with Crippen LogP contribution in [-0.2, 0) is 4.79 Å². The van der Waals surface area contributed by atoms with E-state index in [0.29, 0.717) is 18.6 Å². The largest absolute Gasteiger partial charge is 0.326 e. The minimum atomic E-state index is -1.15. The van der Waals surface area contributed by atoms with Crippen molar-refractivity contribution >= 4 is 11.6 Å². The number of anilines is 1. The van der Waals surface area contributed by atoms with Crippen LogP contribution in [-0.4, -0.2) is 11.4 Å². The number of halogens is 3. The average molecular weight is 260 g/mol. The molecule has 0 fully saturated rings. The molecule has 100 valence electrons. The van der Waals surface area contributed by atoms with Crippen molar-refractivity contribution in [3.8, 4) is 0 Å². The fourth-order valence-electron chi connectivity index (χ4n) is 1.30. The Balaban J connectivity index is 2.71. The zero-order valence-electron chi connectivity index (χ0n) is 10.2. The molecule has 0 saturated carbocycles. The van der Waals surface area contributed by atoms with Crippen molar-refractivity contribution in [3.63, 3.8) is 0 Å². The van der Waals surface area contributed by atoms with Gasteiger partial charge in [-0.25, -0.2) is 13.2 Å². The first-order valence-electron chi connectivity index (χ1n) is 5.42. The molecule has 1 amide bonds. The lowest BCUT2D eigenvalue weighted by molar-refractivity contribution is -0.116. The lowest BCUT2D eigenvalue weighted by Gasteiger charge is -2.17. The Morgan fingerprint density at radius 1 is 1.28 bits per heavy atom. The van der Waals surface area contributed by atoms with Gasteiger partial charge < -0.3 is 11.1 Å². The standard InChI is InChI=1S/C12H15F3N2O/c1-12(2,16)4-3-10(18)17-11-8(14)5-7(13)6-9(11)15/h5-6H,3-4,16H2,1-2H3,(H,17,18). The Morgan fingerprint density at radius 3 is 2.22 bits per heavy atom. The topological polar surface area (TPSA) is 55.1 Å². The first-order valence-corrected chi connectivity index (χ1v) is 5.42. The number of amides is 1. The van der Waals surface area contributed by atoms with Crippen LogP contribution in [0.1, 0.15) is 26.7 Å². The van der Waals surface area contributed by atoms with E-state index in [-0.39, 0.29) is 6.42 Å². The summed E-state index contributed by atoms with van der Waals surface area (Å²) in [7, 11) is 0. The number of nitrogens with two attached hydrogens (primary N) is 1. The number of hydrogen-bond acceptors (Lipinski definition) is 2. The van der Waals surface area contributed by atoms with E-state index in [9.17, 15) is 18.0 Å². The van der Waals surface area contributed by atoms with Gasteiger partial charge in [0.15, 0.2) is 11.6 Å². The summed E-state index contributed by atoms with van der Waals surface area (Å²) in [6, 6.07) is 1.01. The van der Waals surface area contributed by atoms with Gasteiger partial charge in [-0.2, -0.15) is 0 Å². The molecule has 1 aromatic carbocycles. The predicted octanol–water partition coefficient (Wildman–Crippen LogP) is 2.56. The molecule has 0 atom stereocenters. The maximum absolute atomic E-state index is 13.2. The SMILES string of the molecule is CC(C)(N)CCC(=O)Nc1c(F)cc(F)cc1F. The summed E-state index contributed by atoms with van der Waals surface area (Å²) >= 11 is 0. The molecule has 0 aliphatic heterocycles. The molecule has 0 spiro atoms. The Labute approximate surface area is 103 Å². The maximum atomic E-state index is 13.2. The minimum Gasteiger partial charge on any atom is -0.326 e. The van der Waals surface area contributed by atoms with Crippen molar-refractivity contribution in [2.24, 2.45) is 5.73 Å². The van der Waals surface area contributed by atoms with E-state index in [2.05, 4.69) is 5.32 Å². The van der Waals surface area contributed by atoms with Gasteiger partial charge in [0, 0.05) is 24.1 Å². The lowest BCUT2D eigenvalue weighted by atomic mass is 10.00. The maximum Gasteiger partial charge on any atom is 0.224 e. The van der Waals surface area contributed by atoms with Crippen LogP contribution in [0.4, 0.5) is 18.9 Å². The molecule has 0 saturated heterocycles. The molecule has 0 radical (unpaired) electrons. The highest BCUT2D eigenvalue weighted by atomic mass is 19.1. The smallest absolute Gasteiger partial charge is 0.224 e. The van der Waals surface area contributed by atoms with E-state index in [0.717, 1.165) is 0 Å². The third-order valence-electron chi connectivity index (χ3n) is 2.27. The lowest BCUT2D eigenvalue weighted by Crippen LogP contribution is -2.33. The number of nitrogens with one attached hydrogen (secondary N) is 1. The second kappa shape index (κ2) is 5.39. The molecule has 18 heavy (non-hydrogen) atoms. The molecule has 1 aromatic rings. The Morgan fingerprint density at radius 2 is 1.78 bits per heavy atom. The van der Waals surface area contributed by atoms with Gasteiger partial charge in [-0.3, -0.25) is 4.79 Å². The monoisotopic (exact) mass is 260 g/mol. The number of rotatable bonds is 4. The molecular formula is C12H15F3N2O. The number of benzene rings is 1.